The molecule has 0 bridgehead atoms. The predicted octanol–water partition coefficient (Wildman–Crippen LogP) is 2.18. The molecule has 0 saturated carbocycles. The van der Waals surface area contributed by atoms with Gasteiger partial charge in [0, 0.05) is 13.0 Å². The fourth-order valence-electron chi connectivity index (χ4n) is 2.12. The molecule has 1 aliphatic rings. The Hall–Kier alpha value is -0.540. The van der Waals surface area contributed by atoms with Gasteiger partial charge in [-0.2, -0.15) is 0 Å². The zero-order valence-corrected chi connectivity index (χ0v) is 10.1. The van der Waals surface area contributed by atoms with Crippen molar-refractivity contribution in [2.75, 3.05) is 6.54 Å². The van der Waals surface area contributed by atoms with E-state index in [1.165, 1.54) is 0 Å². The Morgan fingerprint density at radius 1 is 1.60 bits per heavy atom. The van der Waals surface area contributed by atoms with E-state index in [4.69, 9.17) is 17.3 Å². The molecule has 0 fully saturated rings. The van der Waals surface area contributed by atoms with Crippen LogP contribution in [0.15, 0.2) is 0 Å². The van der Waals surface area contributed by atoms with E-state index in [1.807, 2.05) is 0 Å². The molecule has 0 aliphatic carbocycles. The highest BCUT2D eigenvalue weighted by atomic mass is 35.5. The van der Waals surface area contributed by atoms with Crippen molar-refractivity contribution in [1.29, 1.82) is 0 Å². The Morgan fingerprint density at radius 2 is 2.33 bits per heavy atom. The Bertz CT molecular complexity index is 357. The molecule has 84 valence electrons. The summed E-state index contributed by atoms with van der Waals surface area (Å²) in [6.07, 6.45) is 2.10. The number of imidazole rings is 1. The van der Waals surface area contributed by atoms with Crippen molar-refractivity contribution in [1.82, 2.24) is 9.55 Å². The van der Waals surface area contributed by atoms with Gasteiger partial charge < -0.3 is 10.3 Å². The van der Waals surface area contributed by atoms with Crippen LogP contribution < -0.4 is 5.73 Å². The first-order chi connectivity index (χ1) is 7.13. The van der Waals surface area contributed by atoms with Crippen LogP contribution in [-0.4, -0.2) is 16.1 Å². The lowest BCUT2D eigenvalue weighted by Crippen LogP contribution is -2.25. The minimum atomic E-state index is 0.395. The minimum absolute atomic E-state index is 0.395. The Labute approximate surface area is 95.6 Å². The van der Waals surface area contributed by atoms with E-state index >= 15 is 0 Å². The molecular weight excluding hydrogens is 210 g/mol. The molecule has 3 nitrogen and oxygen atoms in total. The summed E-state index contributed by atoms with van der Waals surface area (Å²) in [5.74, 6) is 2.09. The average Bonchev–Trinajstić information content (AvgIpc) is 2.55. The van der Waals surface area contributed by atoms with E-state index in [9.17, 15) is 0 Å². The third kappa shape index (κ3) is 1.91. The Morgan fingerprint density at radius 3 is 2.93 bits per heavy atom. The highest BCUT2D eigenvalue weighted by molar-refractivity contribution is 6.30. The highest BCUT2D eigenvalue weighted by Gasteiger charge is 2.24. The van der Waals surface area contributed by atoms with Gasteiger partial charge in [0.25, 0.3) is 0 Å². The summed E-state index contributed by atoms with van der Waals surface area (Å²) in [4.78, 5) is 4.62. The van der Waals surface area contributed by atoms with Crippen LogP contribution in [0.4, 0.5) is 0 Å². The number of nitrogens with two attached hydrogens (primary N) is 1. The fourth-order valence-corrected chi connectivity index (χ4v) is 2.56. The number of hydrogen-bond donors (Lipinski definition) is 1. The monoisotopic (exact) mass is 227 g/mol. The summed E-state index contributed by atoms with van der Waals surface area (Å²) >= 11 is 6.30. The van der Waals surface area contributed by atoms with Gasteiger partial charge in [0.1, 0.15) is 11.0 Å². The summed E-state index contributed by atoms with van der Waals surface area (Å²) in [7, 11) is 0. The molecule has 0 amide bonds. The lowest BCUT2D eigenvalue weighted by Gasteiger charge is -2.22. The van der Waals surface area contributed by atoms with Gasteiger partial charge in [-0.15, -0.1) is 0 Å². The third-order valence-electron chi connectivity index (χ3n) is 3.12. The van der Waals surface area contributed by atoms with E-state index in [0.717, 1.165) is 42.6 Å². The van der Waals surface area contributed by atoms with Crippen molar-refractivity contribution in [2.45, 2.75) is 39.2 Å². The average molecular weight is 228 g/mol. The molecule has 1 unspecified atom stereocenters. The lowest BCUT2D eigenvalue weighted by molar-refractivity contribution is 0.390. The molecular formula is C11H18ClN3. The molecule has 4 heteroatoms. The van der Waals surface area contributed by atoms with Crippen molar-refractivity contribution in [2.24, 2.45) is 11.7 Å². The number of nitrogens with zero attached hydrogens (tertiary/aromatic N) is 2. The second kappa shape index (κ2) is 4.14. The van der Waals surface area contributed by atoms with Crippen LogP contribution in [0.1, 0.15) is 37.7 Å². The minimum Gasteiger partial charge on any atom is -0.330 e. The van der Waals surface area contributed by atoms with Crippen molar-refractivity contribution < 1.29 is 0 Å². The largest absolute Gasteiger partial charge is 0.330 e. The van der Waals surface area contributed by atoms with E-state index in [1.54, 1.807) is 0 Å². The van der Waals surface area contributed by atoms with Crippen LogP contribution in [0.25, 0.3) is 0 Å². The van der Waals surface area contributed by atoms with Gasteiger partial charge >= 0.3 is 0 Å². The van der Waals surface area contributed by atoms with Gasteiger partial charge in [-0.3, -0.25) is 0 Å². The van der Waals surface area contributed by atoms with E-state index < -0.39 is 0 Å². The fraction of sp³-hybridized carbons (Fsp3) is 0.727. The molecule has 0 aromatic carbocycles. The molecule has 1 aromatic rings. The second-order valence-corrected chi connectivity index (χ2v) is 4.96. The number of aromatic nitrogens is 2. The topological polar surface area (TPSA) is 43.8 Å². The number of rotatable bonds is 2. The smallest absolute Gasteiger partial charge is 0.132 e. The van der Waals surface area contributed by atoms with Crippen molar-refractivity contribution >= 4 is 11.6 Å². The van der Waals surface area contributed by atoms with Crippen molar-refractivity contribution in [3.63, 3.8) is 0 Å². The third-order valence-corrected chi connectivity index (χ3v) is 3.52. The van der Waals surface area contributed by atoms with Gasteiger partial charge in [0.05, 0.1) is 5.69 Å². The first-order valence-electron chi connectivity index (χ1n) is 5.58. The zero-order chi connectivity index (χ0) is 11.0. The first kappa shape index (κ1) is 11.0. The van der Waals surface area contributed by atoms with Crippen LogP contribution in [0.2, 0.25) is 5.15 Å². The molecule has 2 rings (SSSR count). The summed E-state index contributed by atoms with van der Waals surface area (Å²) in [5.41, 5.74) is 6.73. The van der Waals surface area contributed by atoms with Crippen LogP contribution in [0.3, 0.4) is 0 Å². The van der Waals surface area contributed by atoms with Gasteiger partial charge in [-0.1, -0.05) is 25.4 Å². The molecule has 2 heterocycles. The normalized spacial score (nSPS) is 20.7. The van der Waals surface area contributed by atoms with Gasteiger partial charge in [0.2, 0.25) is 0 Å². The zero-order valence-electron chi connectivity index (χ0n) is 9.33. The molecule has 2 N–H and O–H groups in total. The first-order valence-corrected chi connectivity index (χ1v) is 5.96. The second-order valence-electron chi connectivity index (χ2n) is 4.60. The SMILES string of the molecule is CC(C)c1nc2n(c1Cl)CCC(CN)C2. The van der Waals surface area contributed by atoms with Crippen molar-refractivity contribution in [3.05, 3.63) is 16.7 Å². The Balaban J connectivity index is 2.32. The summed E-state index contributed by atoms with van der Waals surface area (Å²) in [6.45, 7) is 5.97. The van der Waals surface area contributed by atoms with E-state index in [2.05, 4.69) is 23.4 Å². The summed E-state index contributed by atoms with van der Waals surface area (Å²) in [5, 5.41) is 0.829. The maximum atomic E-state index is 6.30. The predicted molar refractivity (Wildman–Crippen MR) is 62.2 cm³/mol. The van der Waals surface area contributed by atoms with E-state index in [-0.39, 0.29) is 0 Å². The van der Waals surface area contributed by atoms with Gasteiger partial charge in [0.15, 0.2) is 0 Å². The molecule has 15 heavy (non-hydrogen) atoms. The molecule has 1 aromatic heterocycles. The van der Waals surface area contributed by atoms with Crippen LogP contribution >= 0.6 is 11.6 Å². The van der Waals surface area contributed by atoms with Gasteiger partial charge in [-0.05, 0) is 24.8 Å². The van der Waals surface area contributed by atoms with Crippen molar-refractivity contribution in [3.8, 4) is 0 Å². The maximum absolute atomic E-state index is 6.30. The number of fused-ring (bicyclic) bond motifs is 1. The van der Waals surface area contributed by atoms with Crippen LogP contribution in [-0.2, 0) is 13.0 Å². The molecule has 0 radical (unpaired) electrons. The quantitative estimate of drug-likeness (QED) is 0.842. The molecule has 0 saturated heterocycles. The molecule has 0 spiro atoms. The molecule has 1 atom stereocenters. The highest BCUT2D eigenvalue weighted by Crippen LogP contribution is 2.29. The Kier molecular flexibility index (Phi) is 3.03. The van der Waals surface area contributed by atoms with E-state index in [0.29, 0.717) is 11.8 Å². The van der Waals surface area contributed by atoms with Gasteiger partial charge in [-0.25, -0.2) is 4.98 Å². The van der Waals surface area contributed by atoms with Crippen LogP contribution in [0, 0.1) is 5.92 Å². The number of hydrogen-bond acceptors (Lipinski definition) is 2. The summed E-state index contributed by atoms with van der Waals surface area (Å²) < 4.78 is 2.14. The number of halogens is 1. The molecule has 1 aliphatic heterocycles. The summed E-state index contributed by atoms with van der Waals surface area (Å²) in [6, 6.07) is 0. The maximum Gasteiger partial charge on any atom is 0.132 e. The standard InChI is InChI=1S/C11H18ClN3/c1-7(2)10-11(12)15-4-3-8(6-13)5-9(15)14-10/h7-8H,3-6,13H2,1-2H3. The van der Waals surface area contributed by atoms with Crippen LogP contribution in [0.5, 0.6) is 0 Å². The lowest BCUT2D eigenvalue weighted by atomic mass is 9.98.